The molecule has 0 spiro atoms. The number of hydrogen-bond acceptors (Lipinski definition) is 4. The van der Waals surface area contributed by atoms with Gasteiger partial charge in [0, 0.05) is 41.0 Å². The van der Waals surface area contributed by atoms with Crippen molar-refractivity contribution >= 4 is 17.4 Å². The molecule has 8 aromatic rings. The van der Waals surface area contributed by atoms with Gasteiger partial charge in [-0.1, -0.05) is 109 Å². The predicted octanol–water partition coefficient (Wildman–Crippen LogP) is 8.86. The highest BCUT2D eigenvalue weighted by molar-refractivity contribution is 5.85. The van der Waals surface area contributed by atoms with Crippen molar-refractivity contribution in [2.24, 2.45) is 0 Å². The Balaban J connectivity index is 1.41. The number of nitrogens with zero attached hydrogens (tertiary/aromatic N) is 5. The van der Waals surface area contributed by atoms with Crippen molar-refractivity contribution in [1.29, 1.82) is 0 Å². The van der Waals surface area contributed by atoms with Gasteiger partial charge < -0.3 is 5.11 Å². The molecule has 8 rings (SSSR count). The maximum Gasteiger partial charge on any atom is 0.409 e. The molecule has 0 fully saturated rings. The third-order valence-corrected chi connectivity index (χ3v) is 8.79. The van der Waals surface area contributed by atoms with Gasteiger partial charge in [-0.05, 0) is 53.1 Å². The van der Waals surface area contributed by atoms with Crippen LogP contribution in [0.15, 0.2) is 170 Å². The van der Waals surface area contributed by atoms with E-state index in [-0.39, 0.29) is 0 Å². The highest BCUT2D eigenvalue weighted by atomic mass is 16.4. The molecule has 0 saturated heterocycles. The van der Waals surface area contributed by atoms with E-state index in [1.54, 1.807) is 18.3 Å². The number of amides is 1. The Labute approximate surface area is 282 Å². The van der Waals surface area contributed by atoms with Crippen LogP contribution in [-0.4, -0.2) is 35.3 Å². The number of carboxylic acid groups (broad SMARTS) is 1. The molecule has 0 bridgehead atoms. The van der Waals surface area contributed by atoms with E-state index in [1.165, 1.54) is 0 Å². The van der Waals surface area contributed by atoms with E-state index < -0.39 is 11.6 Å². The van der Waals surface area contributed by atoms with Gasteiger partial charge in [-0.3, -0.25) is 19.4 Å². The van der Waals surface area contributed by atoms with Crippen molar-refractivity contribution in [3.63, 3.8) is 0 Å². The summed E-state index contributed by atoms with van der Waals surface area (Å²) < 4.78 is 4.12. The van der Waals surface area contributed by atoms with Crippen LogP contribution < -0.4 is 5.32 Å². The molecular formula is C41H30N6O2. The molecular weight excluding hydrogens is 608 g/mol. The van der Waals surface area contributed by atoms with Crippen LogP contribution in [0, 0.1) is 0 Å². The minimum absolute atomic E-state index is 0.476. The first-order chi connectivity index (χ1) is 24.1. The average molecular weight is 639 g/mol. The molecule has 0 saturated carbocycles. The first kappa shape index (κ1) is 29.6. The maximum absolute atomic E-state index is 11.4. The molecule has 4 heterocycles. The second-order valence-electron chi connectivity index (χ2n) is 11.7. The number of rotatable bonds is 8. The van der Waals surface area contributed by atoms with Crippen molar-refractivity contribution < 1.29 is 9.90 Å². The number of carbonyl (C=O) groups is 1. The van der Waals surface area contributed by atoms with Gasteiger partial charge in [0.25, 0.3) is 0 Å². The summed E-state index contributed by atoms with van der Waals surface area (Å²) in [6, 6.07) is 48.5. The molecule has 8 heteroatoms. The van der Waals surface area contributed by atoms with E-state index in [1.807, 2.05) is 60.8 Å². The molecule has 8 nitrogen and oxygen atoms in total. The summed E-state index contributed by atoms with van der Waals surface area (Å²) in [4.78, 5) is 20.6. The quantitative estimate of drug-likeness (QED) is 0.162. The molecule has 2 N–H and O–H groups in total. The van der Waals surface area contributed by atoms with Crippen LogP contribution in [0.3, 0.4) is 0 Å². The van der Waals surface area contributed by atoms with E-state index in [2.05, 4.69) is 116 Å². The number of hydrogen-bond donors (Lipinski definition) is 2. The highest BCUT2D eigenvalue weighted by Gasteiger charge is 2.40. The second-order valence-corrected chi connectivity index (χ2v) is 11.7. The third kappa shape index (κ3) is 5.31. The summed E-state index contributed by atoms with van der Waals surface area (Å²) in [5, 5.41) is 17.2. The molecule has 49 heavy (non-hydrogen) atoms. The lowest BCUT2D eigenvalue weighted by Crippen LogP contribution is -2.38. The van der Waals surface area contributed by atoms with Gasteiger partial charge in [0.1, 0.15) is 16.9 Å². The monoisotopic (exact) mass is 638 g/mol. The smallest absolute Gasteiger partial charge is 0.409 e. The zero-order valence-corrected chi connectivity index (χ0v) is 26.3. The fourth-order valence-corrected chi connectivity index (χ4v) is 6.58. The Kier molecular flexibility index (Phi) is 7.50. The van der Waals surface area contributed by atoms with Crippen LogP contribution in [0.5, 0.6) is 0 Å². The van der Waals surface area contributed by atoms with Crippen LogP contribution in [0.2, 0.25) is 0 Å². The first-order valence-electron chi connectivity index (χ1n) is 15.9. The normalized spacial score (nSPS) is 11.4. The zero-order chi connectivity index (χ0) is 33.2. The van der Waals surface area contributed by atoms with Gasteiger partial charge >= 0.3 is 6.09 Å². The average Bonchev–Trinajstić information content (AvgIpc) is 3.79. The van der Waals surface area contributed by atoms with Crippen molar-refractivity contribution in [3.05, 3.63) is 187 Å². The Morgan fingerprint density at radius 3 is 1.80 bits per heavy atom. The largest absolute Gasteiger partial charge is 0.465 e. The Hall–Kier alpha value is -6.80. The van der Waals surface area contributed by atoms with E-state index in [0.29, 0.717) is 5.69 Å². The van der Waals surface area contributed by atoms with Crippen molar-refractivity contribution in [1.82, 2.24) is 24.1 Å². The standard InChI is InChI=1S/C41H30N6O2/c48-40(49)44-34-22-19-29(20-23-34)39-35(30-21-24-38-43-26-37(46(38)27-30)36-18-10-11-25-42-36)28-47(45-39)41(31-12-4-1-5-13-31,32-14-6-2-7-15-32)33-16-8-3-9-17-33/h1-28,44H,(H,48,49). The lowest BCUT2D eigenvalue weighted by atomic mass is 9.77. The first-order valence-corrected chi connectivity index (χ1v) is 15.9. The summed E-state index contributed by atoms with van der Waals surface area (Å²) >= 11 is 0. The SMILES string of the molecule is O=C(O)Nc1ccc(-c2nn(C(c3ccccc3)(c3ccccc3)c3ccccc3)cc2-c2ccc3ncc(-c4ccccn4)n3c2)cc1. The Bertz CT molecular complexity index is 2270. The lowest BCUT2D eigenvalue weighted by molar-refractivity contribution is 0.209. The predicted molar refractivity (Wildman–Crippen MR) is 191 cm³/mol. The molecule has 0 aliphatic heterocycles. The number of fused-ring (bicyclic) bond motifs is 1. The summed E-state index contributed by atoms with van der Waals surface area (Å²) in [6.07, 6.45) is 6.69. The van der Waals surface area contributed by atoms with Gasteiger partial charge in [0.05, 0.1) is 17.6 Å². The van der Waals surface area contributed by atoms with Crippen molar-refractivity contribution in [3.8, 4) is 33.8 Å². The van der Waals surface area contributed by atoms with Gasteiger partial charge in [0.2, 0.25) is 0 Å². The molecule has 1 amide bonds. The number of pyridine rings is 2. The highest BCUT2D eigenvalue weighted by Crippen LogP contribution is 2.43. The van der Waals surface area contributed by atoms with Crippen LogP contribution in [-0.2, 0) is 5.54 Å². The van der Waals surface area contributed by atoms with Crippen LogP contribution in [0.25, 0.3) is 39.4 Å². The van der Waals surface area contributed by atoms with E-state index in [4.69, 9.17) is 5.10 Å². The van der Waals surface area contributed by atoms with Gasteiger partial charge in [-0.25, -0.2) is 9.78 Å². The molecule has 4 aromatic carbocycles. The van der Waals surface area contributed by atoms with Crippen LogP contribution in [0.4, 0.5) is 10.5 Å². The number of anilines is 1. The lowest BCUT2D eigenvalue weighted by Gasteiger charge is -2.36. The summed E-state index contributed by atoms with van der Waals surface area (Å²) in [6.45, 7) is 0. The minimum Gasteiger partial charge on any atom is -0.465 e. The molecule has 0 radical (unpaired) electrons. The topological polar surface area (TPSA) is 97.3 Å². The van der Waals surface area contributed by atoms with Gasteiger partial charge in [-0.15, -0.1) is 0 Å². The number of benzene rings is 4. The molecule has 0 aliphatic rings. The zero-order valence-electron chi connectivity index (χ0n) is 26.3. The Morgan fingerprint density at radius 1 is 0.633 bits per heavy atom. The molecule has 0 aliphatic carbocycles. The van der Waals surface area contributed by atoms with Crippen molar-refractivity contribution in [2.45, 2.75) is 5.54 Å². The van der Waals surface area contributed by atoms with Gasteiger partial charge in [-0.2, -0.15) is 5.10 Å². The third-order valence-electron chi connectivity index (χ3n) is 8.79. The number of aromatic nitrogens is 5. The Morgan fingerprint density at radius 2 is 1.22 bits per heavy atom. The van der Waals surface area contributed by atoms with E-state index >= 15 is 0 Å². The fourth-order valence-electron chi connectivity index (χ4n) is 6.58. The molecule has 4 aromatic heterocycles. The van der Waals surface area contributed by atoms with Gasteiger partial charge in [0.15, 0.2) is 0 Å². The summed E-state index contributed by atoms with van der Waals surface area (Å²) in [5.41, 5.74) is 8.71. The molecule has 0 unspecified atom stereocenters. The van der Waals surface area contributed by atoms with Crippen LogP contribution in [0.1, 0.15) is 16.7 Å². The minimum atomic E-state index is -1.12. The van der Waals surface area contributed by atoms with E-state index in [0.717, 1.165) is 56.1 Å². The van der Waals surface area contributed by atoms with E-state index in [9.17, 15) is 9.90 Å². The second kappa shape index (κ2) is 12.4. The summed E-state index contributed by atoms with van der Waals surface area (Å²) in [7, 11) is 0. The number of nitrogens with one attached hydrogen (secondary N) is 1. The molecule has 0 atom stereocenters. The van der Waals surface area contributed by atoms with Crippen molar-refractivity contribution in [2.75, 3.05) is 5.32 Å². The molecule has 236 valence electrons. The maximum atomic E-state index is 11.4. The fraction of sp³-hybridized carbons (Fsp3) is 0.0244. The van der Waals surface area contributed by atoms with Crippen LogP contribution >= 0.6 is 0 Å². The number of imidazole rings is 1. The summed E-state index contributed by atoms with van der Waals surface area (Å²) in [5.74, 6) is 0.